The number of hydrogen-bond donors (Lipinski definition) is 0. The molecule has 0 unspecified atom stereocenters. The van der Waals surface area contributed by atoms with E-state index in [-0.39, 0.29) is 5.60 Å². The maximum Gasteiger partial charge on any atom is 0.162 e. The molecule has 1 aromatic rings. The number of nitrogens with zero attached hydrogens (tertiary/aromatic N) is 2. The number of ether oxygens (including phenoxy) is 1. The molecule has 2 aliphatic carbocycles. The largest absolute Gasteiger partial charge is 0.370 e. The number of hydrogen-bond acceptors (Lipinski definition) is 3. The van der Waals surface area contributed by atoms with Crippen LogP contribution in [0, 0.1) is 0 Å². The molecule has 0 saturated heterocycles. The summed E-state index contributed by atoms with van der Waals surface area (Å²) in [6.45, 7) is 0. The summed E-state index contributed by atoms with van der Waals surface area (Å²) in [5.74, 6) is 1.40. The molecule has 4 heteroatoms. The van der Waals surface area contributed by atoms with Crippen LogP contribution in [-0.4, -0.2) is 17.1 Å². The summed E-state index contributed by atoms with van der Waals surface area (Å²) in [6.07, 6.45) is 6.84. The van der Waals surface area contributed by atoms with Crippen LogP contribution in [0.25, 0.3) is 0 Å². The Morgan fingerprint density at radius 1 is 1.29 bits per heavy atom. The summed E-state index contributed by atoms with van der Waals surface area (Å²) in [5.41, 5.74) is 0.817. The first kappa shape index (κ1) is 11.4. The fourth-order valence-corrected chi connectivity index (χ4v) is 2.88. The molecule has 1 heterocycles. The van der Waals surface area contributed by atoms with Gasteiger partial charge in [-0.15, -0.1) is 0 Å². The Morgan fingerprint density at radius 3 is 2.59 bits per heavy atom. The molecule has 92 valence electrons. The Balaban J connectivity index is 2.00. The van der Waals surface area contributed by atoms with Crippen molar-refractivity contribution in [3.05, 3.63) is 22.7 Å². The van der Waals surface area contributed by atoms with E-state index >= 15 is 0 Å². The van der Waals surface area contributed by atoms with Crippen LogP contribution in [0.15, 0.2) is 6.07 Å². The smallest absolute Gasteiger partial charge is 0.162 e. The SMILES string of the molecule is COC1(c2nc(Cl)cc(C3CC3)n2)CCCC1. The Kier molecular flexibility index (Phi) is 2.83. The van der Waals surface area contributed by atoms with Crippen LogP contribution in [0.1, 0.15) is 56.0 Å². The summed E-state index contributed by atoms with van der Waals surface area (Å²) < 4.78 is 5.71. The molecule has 2 saturated carbocycles. The molecule has 2 fully saturated rings. The summed E-state index contributed by atoms with van der Waals surface area (Å²) >= 11 is 6.11. The van der Waals surface area contributed by atoms with Crippen molar-refractivity contribution in [2.24, 2.45) is 0 Å². The van der Waals surface area contributed by atoms with E-state index in [2.05, 4.69) is 4.98 Å². The van der Waals surface area contributed by atoms with Crippen molar-refractivity contribution < 1.29 is 4.74 Å². The highest BCUT2D eigenvalue weighted by molar-refractivity contribution is 6.29. The van der Waals surface area contributed by atoms with Gasteiger partial charge < -0.3 is 4.74 Å². The van der Waals surface area contributed by atoms with Gasteiger partial charge in [-0.05, 0) is 44.6 Å². The number of halogens is 1. The van der Waals surface area contributed by atoms with Gasteiger partial charge >= 0.3 is 0 Å². The van der Waals surface area contributed by atoms with Crippen LogP contribution in [0.4, 0.5) is 0 Å². The molecule has 0 spiro atoms. The standard InChI is InChI=1S/C13H17ClN2O/c1-17-13(6-2-3-7-13)12-15-10(9-4-5-9)8-11(14)16-12/h8-9H,2-7H2,1H3. The predicted octanol–water partition coefficient (Wildman–Crippen LogP) is 3.42. The normalized spacial score (nSPS) is 22.9. The molecule has 1 aromatic heterocycles. The topological polar surface area (TPSA) is 35.0 Å². The summed E-state index contributed by atoms with van der Waals surface area (Å²) in [7, 11) is 1.76. The third-order valence-corrected chi connectivity index (χ3v) is 4.11. The van der Waals surface area contributed by atoms with Crippen molar-refractivity contribution in [1.29, 1.82) is 0 Å². The number of rotatable bonds is 3. The Hall–Kier alpha value is -0.670. The zero-order chi connectivity index (χ0) is 11.9. The van der Waals surface area contributed by atoms with Gasteiger partial charge in [0.1, 0.15) is 10.8 Å². The van der Waals surface area contributed by atoms with E-state index in [9.17, 15) is 0 Å². The molecule has 17 heavy (non-hydrogen) atoms. The Labute approximate surface area is 107 Å². The predicted molar refractivity (Wildman–Crippen MR) is 66.2 cm³/mol. The van der Waals surface area contributed by atoms with E-state index in [1.165, 1.54) is 25.7 Å². The maximum absolute atomic E-state index is 6.11. The van der Waals surface area contributed by atoms with Crippen molar-refractivity contribution in [1.82, 2.24) is 9.97 Å². The average molecular weight is 253 g/mol. The van der Waals surface area contributed by atoms with Crippen LogP contribution < -0.4 is 0 Å². The third kappa shape index (κ3) is 2.06. The fraction of sp³-hybridized carbons (Fsp3) is 0.692. The van der Waals surface area contributed by atoms with E-state index < -0.39 is 0 Å². The number of aromatic nitrogens is 2. The molecule has 2 aliphatic rings. The highest BCUT2D eigenvalue weighted by Gasteiger charge is 2.39. The minimum absolute atomic E-state index is 0.283. The first-order valence-electron chi connectivity index (χ1n) is 6.34. The van der Waals surface area contributed by atoms with E-state index in [1.807, 2.05) is 6.07 Å². The molecule has 0 aromatic carbocycles. The lowest BCUT2D eigenvalue weighted by Gasteiger charge is -2.26. The summed E-state index contributed by atoms with van der Waals surface area (Å²) in [6, 6.07) is 1.90. The molecule has 0 aliphatic heterocycles. The zero-order valence-electron chi connectivity index (χ0n) is 10.1. The van der Waals surface area contributed by atoms with Gasteiger partial charge in [-0.25, -0.2) is 9.97 Å². The molecule has 0 bridgehead atoms. The lowest BCUT2D eigenvalue weighted by Crippen LogP contribution is -2.27. The van der Waals surface area contributed by atoms with E-state index in [0.717, 1.165) is 24.4 Å². The molecule has 0 radical (unpaired) electrons. The molecule has 0 atom stereocenters. The third-order valence-electron chi connectivity index (χ3n) is 3.92. The van der Waals surface area contributed by atoms with Crippen molar-refractivity contribution in [2.75, 3.05) is 7.11 Å². The van der Waals surface area contributed by atoms with Crippen molar-refractivity contribution in [2.45, 2.75) is 50.0 Å². The second kappa shape index (κ2) is 4.21. The molecule has 3 nitrogen and oxygen atoms in total. The van der Waals surface area contributed by atoms with Gasteiger partial charge in [-0.1, -0.05) is 11.6 Å². The summed E-state index contributed by atoms with van der Waals surface area (Å²) in [5, 5.41) is 0.556. The molecule has 0 N–H and O–H groups in total. The summed E-state index contributed by atoms with van der Waals surface area (Å²) in [4.78, 5) is 9.10. The first-order valence-corrected chi connectivity index (χ1v) is 6.71. The van der Waals surface area contributed by atoms with Crippen molar-refractivity contribution in [3.63, 3.8) is 0 Å². The van der Waals surface area contributed by atoms with Gasteiger partial charge in [0.15, 0.2) is 5.82 Å². The lowest BCUT2D eigenvalue weighted by molar-refractivity contribution is -0.0164. The zero-order valence-corrected chi connectivity index (χ0v) is 10.8. The van der Waals surface area contributed by atoms with Crippen molar-refractivity contribution in [3.8, 4) is 0 Å². The minimum atomic E-state index is -0.283. The van der Waals surface area contributed by atoms with E-state index in [1.54, 1.807) is 7.11 Å². The minimum Gasteiger partial charge on any atom is -0.370 e. The van der Waals surface area contributed by atoms with Gasteiger partial charge in [0.25, 0.3) is 0 Å². The first-order chi connectivity index (χ1) is 8.23. The van der Waals surface area contributed by atoms with Gasteiger partial charge in [0, 0.05) is 18.7 Å². The quantitative estimate of drug-likeness (QED) is 0.773. The van der Waals surface area contributed by atoms with E-state index in [4.69, 9.17) is 21.3 Å². The second-order valence-electron chi connectivity index (χ2n) is 5.12. The maximum atomic E-state index is 6.11. The van der Waals surface area contributed by atoms with Crippen LogP contribution in [0.2, 0.25) is 5.15 Å². The highest BCUT2D eigenvalue weighted by Crippen LogP contribution is 2.43. The second-order valence-corrected chi connectivity index (χ2v) is 5.51. The average Bonchev–Trinajstić information content (AvgIpc) is 3.07. The highest BCUT2D eigenvalue weighted by atomic mass is 35.5. The fourth-order valence-electron chi connectivity index (χ4n) is 2.69. The van der Waals surface area contributed by atoms with Crippen LogP contribution >= 0.6 is 11.6 Å². The van der Waals surface area contributed by atoms with Crippen molar-refractivity contribution >= 4 is 11.6 Å². The molecular weight excluding hydrogens is 236 g/mol. The van der Waals surface area contributed by atoms with Gasteiger partial charge in [-0.2, -0.15) is 0 Å². The molecule has 0 amide bonds. The van der Waals surface area contributed by atoms with Crippen LogP contribution in [0.5, 0.6) is 0 Å². The molecule has 3 rings (SSSR count). The van der Waals surface area contributed by atoms with Crippen LogP contribution in [-0.2, 0) is 10.3 Å². The van der Waals surface area contributed by atoms with Gasteiger partial charge in [0.05, 0.1) is 0 Å². The van der Waals surface area contributed by atoms with Gasteiger partial charge in [-0.3, -0.25) is 0 Å². The molecular formula is C13H17ClN2O. The Morgan fingerprint density at radius 2 is 2.00 bits per heavy atom. The lowest BCUT2D eigenvalue weighted by atomic mass is 10.0. The van der Waals surface area contributed by atoms with Crippen LogP contribution in [0.3, 0.4) is 0 Å². The number of methoxy groups -OCH3 is 1. The Bertz CT molecular complexity index is 425. The van der Waals surface area contributed by atoms with Gasteiger partial charge in [0.2, 0.25) is 0 Å². The van der Waals surface area contributed by atoms with E-state index in [0.29, 0.717) is 11.1 Å². The monoisotopic (exact) mass is 252 g/mol.